The van der Waals surface area contributed by atoms with Crippen LogP contribution in [-0.2, 0) is 20.8 Å². The number of nitrogens with zero attached hydrogens (tertiary/aromatic N) is 2. The van der Waals surface area contributed by atoms with Crippen LogP contribution in [0, 0.1) is 6.92 Å². The molecule has 178 valence electrons. The number of amides is 1. The summed E-state index contributed by atoms with van der Waals surface area (Å²) in [5, 5.41) is 3.07. The number of esters is 2. The van der Waals surface area contributed by atoms with E-state index in [9.17, 15) is 19.2 Å². The zero-order valence-electron chi connectivity index (χ0n) is 19.2. The number of rotatable bonds is 6. The first-order chi connectivity index (χ1) is 16.8. The molecule has 2 aromatic heterocycles. The van der Waals surface area contributed by atoms with Crippen molar-refractivity contribution in [2.45, 2.75) is 13.5 Å². The lowest BCUT2D eigenvalue weighted by molar-refractivity contribution is -0.116. The van der Waals surface area contributed by atoms with Crippen LogP contribution in [0.25, 0.3) is 21.3 Å². The Bertz CT molecular complexity index is 1470. The lowest BCUT2D eigenvalue weighted by Gasteiger charge is -2.11. The first kappa shape index (κ1) is 23.8. The van der Waals surface area contributed by atoms with E-state index < -0.39 is 17.8 Å². The van der Waals surface area contributed by atoms with E-state index in [-0.39, 0.29) is 28.9 Å². The number of thiophene rings is 1. The molecule has 0 atom stereocenters. The Kier molecular flexibility index (Phi) is 6.74. The zero-order chi connectivity index (χ0) is 25.1. The Hall–Kier alpha value is -4.31. The van der Waals surface area contributed by atoms with Crippen LogP contribution in [0.2, 0.25) is 0 Å². The van der Waals surface area contributed by atoms with Gasteiger partial charge in [0.2, 0.25) is 5.91 Å². The molecule has 0 radical (unpaired) electrons. The average Bonchev–Trinajstić information content (AvgIpc) is 3.21. The predicted molar refractivity (Wildman–Crippen MR) is 132 cm³/mol. The largest absolute Gasteiger partial charge is 0.465 e. The molecule has 2 aromatic carbocycles. The molecule has 0 aliphatic rings. The molecule has 0 spiro atoms. The van der Waals surface area contributed by atoms with E-state index in [2.05, 4.69) is 10.3 Å². The van der Waals surface area contributed by atoms with Crippen LogP contribution in [0.5, 0.6) is 0 Å². The van der Waals surface area contributed by atoms with Crippen LogP contribution in [0.1, 0.15) is 25.6 Å². The lowest BCUT2D eigenvalue weighted by Crippen LogP contribution is -2.28. The number of carbonyl (C=O) groups is 3. The van der Waals surface area contributed by atoms with Crippen LogP contribution < -0.4 is 10.9 Å². The molecular formula is C25H21N3O6S. The highest BCUT2D eigenvalue weighted by Crippen LogP contribution is 2.35. The summed E-state index contributed by atoms with van der Waals surface area (Å²) < 4.78 is 10.6. The maximum Gasteiger partial charge on any atom is 0.337 e. The number of anilines is 1. The molecule has 1 amide bonds. The normalized spacial score (nSPS) is 10.7. The zero-order valence-corrected chi connectivity index (χ0v) is 20.0. The van der Waals surface area contributed by atoms with Gasteiger partial charge in [0, 0.05) is 16.1 Å². The molecule has 0 bridgehead atoms. The van der Waals surface area contributed by atoms with Crippen molar-refractivity contribution in [1.29, 1.82) is 0 Å². The summed E-state index contributed by atoms with van der Waals surface area (Å²) >= 11 is 1.42. The molecule has 0 saturated carbocycles. The maximum atomic E-state index is 13.3. The van der Waals surface area contributed by atoms with Gasteiger partial charge in [0.1, 0.15) is 11.4 Å². The van der Waals surface area contributed by atoms with Gasteiger partial charge in [-0.3, -0.25) is 14.2 Å². The second kappa shape index (κ2) is 9.90. The van der Waals surface area contributed by atoms with Crippen LogP contribution >= 0.6 is 11.3 Å². The summed E-state index contributed by atoms with van der Waals surface area (Å²) in [6.07, 6.45) is 1.33. The van der Waals surface area contributed by atoms with E-state index >= 15 is 0 Å². The van der Waals surface area contributed by atoms with Gasteiger partial charge in [0.25, 0.3) is 5.56 Å². The van der Waals surface area contributed by atoms with Gasteiger partial charge in [-0.1, -0.05) is 30.3 Å². The van der Waals surface area contributed by atoms with Gasteiger partial charge in [0.05, 0.1) is 37.1 Å². The Morgan fingerprint density at radius 2 is 1.63 bits per heavy atom. The first-order valence-electron chi connectivity index (χ1n) is 10.5. The van der Waals surface area contributed by atoms with Crippen molar-refractivity contribution >= 4 is 45.1 Å². The van der Waals surface area contributed by atoms with Crippen molar-refractivity contribution in [3.8, 4) is 11.1 Å². The van der Waals surface area contributed by atoms with Crippen molar-refractivity contribution in [2.75, 3.05) is 19.5 Å². The number of hydrogen-bond acceptors (Lipinski definition) is 8. The van der Waals surface area contributed by atoms with Gasteiger partial charge >= 0.3 is 11.9 Å². The van der Waals surface area contributed by atoms with E-state index in [1.807, 2.05) is 37.3 Å². The third kappa shape index (κ3) is 4.82. The Labute approximate surface area is 203 Å². The van der Waals surface area contributed by atoms with Crippen LogP contribution in [-0.4, -0.2) is 41.6 Å². The standard InChI is InChI=1S/C25H21N3O6S/c1-14-20(15-7-5-4-6-8-15)21-22(35-14)26-13-28(23(21)30)12-19(29)27-18-10-16(24(31)33-2)9-17(11-18)25(32)34-3/h4-11,13H,12H2,1-3H3,(H,27,29). The summed E-state index contributed by atoms with van der Waals surface area (Å²) in [4.78, 5) is 56.0. The van der Waals surface area contributed by atoms with Gasteiger partial charge in [-0.15, -0.1) is 11.3 Å². The quantitative estimate of drug-likeness (QED) is 0.409. The first-order valence-corrected chi connectivity index (χ1v) is 11.3. The van der Waals surface area contributed by atoms with Crippen molar-refractivity contribution in [3.05, 3.63) is 81.2 Å². The van der Waals surface area contributed by atoms with Gasteiger partial charge in [-0.25, -0.2) is 14.6 Å². The number of carbonyl (C=O) groups excluding carboxylic acids is 3. The van der Waals surface area contributed by atoms with E-state index in [0.717, 1.165) is 16.0 Å². The molecule has 0 fully saturated rings. The molecule has 10 heteroatoms. The molecule has 0 saturated heterocycles. The second-order valence-corrected chi connectivity index (χ2v) is 8.79. The number of hydrogen-bond donors (Lipinski definition) is 1. The number of fused-ring (bicyclic) bond motifs is 1. The summed E-state index contributed by atoms with van der Waals surface area (Å²) in [6.45, 7) is 1.61. The SMILES string of the molecule is COC(=O)c1cc(NC(=O)Cn2cnc3sc(C)c(-c4ccccc4)c3c2=O)cc(C(=O)OC)c1. The van der Waals surface area contributed by atoms with Crippen LogP contribution in [0.15, 0.2) is 59.7 Å². The van der Waals surface area contributed by atoms with Gasteiger partial charge in [-0.2, -0.15) is 0 Å². The van der Waals surface area contributed by atoms with E-state index in [4.69, 9.17) is 9.47 Å². The van der Waals surface area contributed by atoms with Crippen molar-refractivity contribution in [1.82, 2.24) is 9.55 Å². The number of nitrogens with one attached hydrogen (secondary N) is 1. The minimum absolute atomic E-state index is 0.0622. The number of methoxy groups -OCH3 is 2. The Morgan fingerprint density at radius 3 is 2.23 bits per heavy atom. The minimum Gasteiger partial charge on any atom is -0.465 e. The predicted octanol–water partition coefficient (Wildman–Crippen LogP) is 3.65. The van der Waals surface area contributed by atoms with Crippen molar-refractivity contribution < 1.29 is 23.9 Å². The van der Waals surface area contributed by atoms with Crippen molar-refractivity contribution in [3.63, 3.8) is 0 Å². The molecule has 1 N–H and O–H groups in total. The van der Waals surface area contributed by atoms with E-state index in [0.29, 0.717) is 10.2 Å². The second-order valence-electron chi connectivity index (χ2n) is 7.59. The third-order valence-electron chi connectivity index (χ3n) is 5.29. The summed E-state index contributed by atoms with van der Waals surface area (Å²) in [6, 6.07) is 13.6. The molecule has 4 rings (SSSR count). The topological polar surface area (TPSA) is 117 Å². The fourth-order valence-corrected chi connectivity index (χ4v) is 4.73. The third-order valence-corrected chi connectivity index (χ3v) is 6.30. The fraction of sp³-hybridized carbons (Fsp3) is 0.160. The van der Waals surface area contributed by atoms with Gasteiger partial charge in [-0.05, 0) is 30.7 Å². The number of aromatic nitrogens is 2. The number of ether oxygens (including phenoxy) is 2. The van der Waals surface area contributed by atoms with Gasteiger partial charge < -0.3 is 14.8 Å². The molecule has 0 aliphatic carbocycles. The molecular weight excluding hydrogens is 470 g/mol. The molecule has 35 heavy (non-hydrogen) atoms. The average molecular weight is 492 g/mol. The molecule has 4 aromatic rings. The van der Waals surface area contributed by atoms with E-state index in [1.165, 1.54) is 54.6 Å². The van der Waals surface area contributed by atoms with Gasteiger partial charge in [0.15, 0.2) is 0 Å². The Morgan fingerprint density at radius 1 is 1.00 bits per heavy atom. The fourth-order valence-electron chi connectivity index (χ4n) is 3.73. The van der Waals surface area contributed by atoms with Crippen LogP contribution in [0.4, 0.5) is 5.69 Å². The molecule has 9 nitrogen and oxygen atoms in total. The minimum atomic E-state index is -0.682. The summed E-state index contributed by atoms with van der Waals surface area (Å²) in [5.41, 5.74) is 1.65. The van der Waals surface area contributed by atoms with E-state index in [1.54, 1.807) is 0 Å². The lowest BCUT2D eigenvalue weighted by atomic mass is 10.0. The highest BCUT2D eigenvalue weighted by atomic mass is 32.1. The smallest absolute Gasteiger partial charge is 0.337 e. The number of benzene rings is 2. The molecule has 0 aliphatic heterocycles. The molecule has 2 heterocycles. The summed E-state index contributed by atoms with van der Waals surface area (Å²) in [5.74, 6) is -1.91. The van der Waals surface area contributed by atoms with Crippen molar-refractivity contribution in [2.24, 2.45) is 0 Å². The molecule has 0 unspecified atom stereocenters. The Balaban J connectivity index is 1.66. The maximum absolute atomic E-state index is 13.3. The summed E-state index contributed by atoms with van der Waals surface area (Å²) in [7, 11) is 2.41. The highest BCUT2D eigenvalue weighted by Gasteiger charge is 2.19. The number of aryl methyl sites for hydroxylation is 1. The van der Waals surface area contributed by atoms with Crippen LogP contribution in [0.3, 0.4) is 0 Å². The monoisotopic (exact) mass is 491 g/mol. The highest BCUT2D eigenvalue weighted by molar-refractivity contribution is 7.19.